The van der Waals surface area contributed by atoms with Gasteiger partial charge in [-0.25, -0.2) is 5.84 Å². The van der Waals surface area contributed by atoms with E-state index in [0.717, 1.165) is 50.3 Å². The maximum absolute atomic E-state index is 11.4. The molecule has 0 saturated carbocycles. The topological polar surface area (TPSA) is 109 Å². The first kappa shape index (κ1) is 14.5. The highest BCUT2D eigenvalue weighted by Crippen LogP contribution is 2.20. The molecule has 3 rings (SSSR count). The standard InChI is InChI=1S/C12H21N7OS/c13-18-11-15-10(14-9-3-7-21(20)8-4-9)16-12(17-11)19-5-1-2-6-19/h9H,1-8,13H2,(H2,14,15,16,17,18). The summed E-state index contributed by atoms with van der Waals surface area (Å²) in [6.45, 7) is 1.94. The maximum atomic E-state index is 11.4. The molecule has 3 heterocycles. The summed E-state index contributed by atoms with van der Waals surface area (Å²) in [5, 5.41) is 3.32. The number of hydrogen-bond donors (Lipinski definition) is 3. The molecule has 0 spiro atoms. The van der Waals surface area contributed by atoms with Gasteiger partial charge in [-0.2, -0.15) is 15.0 Å². The van der Waals surface area contributed by atoms with Crippen molar-refractivity contribution in [3.8, 4) is 0 Å². The van der Waals surface area contributed by atoms with Gasteiger partial charge in [0.15, 0.2) is 0 Å². The van der Waals surface area contributed by atoms with E-state index in [1.807, 2.05) is 0 Å². The van der Waals surface area contributed by atoms with E-state index in [1.165, 1.54) is 0 Å². The first-order chi connectivity index (χ1) is 10.2. The number of nitrogens with two attached hydrogens (primary N) is 1. The normalized spacial score (nSPS) is 25.9. The van der Waals surface area contributed by atoms with Crippen molar-refractivity contribution in [2.24, 2.45) is 5.84 Å². The third kappa shape index (κ3) is 3.59. The monoisotopic (exact) mass is 311 g/mol. The summed E-state index contributed by atoms with van der Waals surface area (Å²) < 4.78 is 11.4. The molecule has 0 unspecified atom stereocenters. The smallest absolute Gasteiger partial charge is 0.243 e. The van der Waals surface area contributed by atoms with Gasteiger partial charge >= 0.3 is 0 Å². The molecule has 0 aromatic carbocycles. The Labute approximate surface area is 126 Å². The SMILES string of the molecule is NNc1nc(NC2CCS(=O)CC2)nc(N2CCCC2)n1. The van der Waals surface area contributed by atoms with Crippen LogP contribution in [0.1, 0.15) is 25.7 Å². The second-order valence-electron chi connectivity index (χ2n) is 5.39. The maximum Gasteiger partial charge on any atom is 0.243 e. The van der Waals surface area contributed by atoms with E-state index in [1.54, 1.807) is 0 Å². The molecule has 1 aromatic heterocycles. The van der Waals surface area contributed by atoms with Crippen molar-refractivity contribution in [2.75, 3.05) is 40.2 Å². The minimum absolute atomic E-state index is 0.266. The Morgan fingerprint density at radius 2 is 1.76 bits per heavy atom. The number of hydrazine groups is 1. The number of rotatable bonds is 4. The van der Waals surface area contributed by atoms with Crippen LogP contribution in [0.15, 0.2) is 0 Å². The van der Waals surface area contributed by atoms with Gasteiger partial charge in [0.25, 0.3) is 0 Å². The number of hydrogen-bond acceptors (Lipinski definition) is 8. The zero-order valence-electron chi connectivity index (χ0n) is 11.9. The average Bonchev–Trinajstić information content (AvgIpc) is 3.04. The van der Waals surface area contributed by atoms with Gasteiger partial charge in [-0.15, -0.1) is 0 Å². The van der Waals surface area contributed by atoms with E-state index in [-0.39, 0.29) is 6.04 Å². The molecular weight excluding hydrogens is 290 g/mol. The number of nitrogen functional groups attached to an aromatic ring is 1. The van der Waals surface area contributed by atoms with Gasteiger partial charge in [-0.1, -0.05) is 0 Å². The predicted molar refractivity (Wildman–Crippen MR) is 83.6 cm³/mol. The third-order valence-electron chi connectivity index (χ3n) is 3.86. The van der Waals surface area contributed by atoms with Crippen molar-refractivity contribution in [3.63, 3.8) is 0 Å². The lowest BCUT2D eigenvalue weighted by Gasteiger charge is -2.23. The summed E-state index contributed by atoms with van der Waals surface area (Å²) in [5.41, 5.74) is 2.50. The third-order valence-corrected chi connectivity index (χ3v) is 5.24. The van der Waals surface area contributed by atoms with E-state index >= 15 is 0 Å². The van der Waals surface area contributed by atoms with Gasteiger partial charge in [0.2, 0.25) is 17.8 Å². The number of anilines is 3. The van der Waals surface area contributed by atoms with Crippen LogP contribution in [0.2, 0.25) is 0 Å². The van der Waals surface area contributed by atoms with Crippen molar-refractivity contribution < 1.29 is 4.21 Å². The Morgan fingerprint density at radius 3 is 2.43 bits per heavy atom. The molecule has 8 nitrogen and oxygen atoms in total. The lowest BCUT2D eigenvalue weighted by molar-refractivity contribution is 0.620. The van der Waals surface area contributed by atoms with Crippen LogP contribution < -0.4 is 21.5 Å². The van der Waals surface area contributed by atoms with E-state index in [2.05, 4.69) is 30.6 Å². The molecule has 0 aliphatic carbocycles. The highest BCUT2D eigenvalue weighted by molar-refractivity contribution is 7.85. The van der Waals surface area contributed by atoms with Crippen LogP contribution in [-0.4, -0.2) is 49.8 Å². The summed E-state index contributed by atoms with van der Waals surface area (Å²) in [5.74, 6) is 8.50. The summed E-state index contributed by atoms with van der Waals surface area (Å²) in [4.78, 5) is 15.2. The van der Waals surface area contributed by atoms with Crippen molar-refractivity contribution in [3.05, 3.63) is 0 Å². The second-order valence-corrected chi connectivity index (χ2v) is 7.08. The zero-order chi connectivity index (χ0) is 14.7. The molecule has 0 bridgehead atoms. The van der Waals surface area contributed by atoms with E-state index < -0.39 is 10.8 Å². The van der Waals surface area contributed by atoms with Gasteiger partial charge < -0.3 is 10.2 Å². The molecule has 1 aromatic rings. The molecule has 2 saturated heterocycles. The first-order valence-electron chi connectivity index (χ1n) is 7.34. The second kappa shape index (κ2) is 6.52. The Morgan fingerprint density at radius 1 is 1.10 bits per heavy atom. The van der Waals surface area contributed by atoms with Gasteiger partial charge in [-0.3, -0.25) is 9.63 Å². The van der Waals surface area contributed by atoms with Crippen LogP contribution in [0.3, 0.4) is 0 Å². The molecule has 4 N–H and O–H groups in total. The molecule has 2 fully saturated rings. The minimum Gasteiger partial charge on any atom is -0.351 e. The van der Waals surface area contributed by atoms with E-state index in [0.29, 0.717) is 17.8 Å². The van der Waals surface area contributed by atoms with Crippen LogP contribution in [0.5, 0.6) is 0 Å². The van der Waals surface area contributed by atoms with Crippen molar-refractivity contribution in [2.45, 2.75) is 31.7 Å². The Bertz CT molecular complexity index is 510. The minimum atomic E-state index is -0.665. The van der Waals surface area contributed by atoms with Crippen LogP contribution in [0, 0.1) is 0 Å². The number of aromatic nitrogens is 3. The highest BCUT2D eigenvalue weighted by atomic mass is 32.2. The fourth-order valence-corrected chi connectivity index (χ4v) is 3.97. The summed E-state index contributed by atoms with van der Waals surface area (Å²) in [6.07, 6.45) is 4.08. The molecule has 116 valence electrons. The zero-order valence-corrected chi connectivity index (χ0v) is 12.7. The summed E-state index contributed by atoms with van der Waals surface area (Å²) in [6, 6.07) is 0.266. The largest absolute Gasteiger partial charge is 0.351 e. The Balaban J connectivity index is 1.74. The Kier molecular flexibility index (Phi) is 4.49. The molecule has 2 aliphatic heterocycles. The molecule has 0 atom stereocenters. The van der Waals surface area contributed by atoms with Crippen LogP contribution >= 0.6 is 0 Å². The van der Waals surface area contributed by atoms with Crippen molar-refractivity contribution >= 4 is 28.6 Å². The Hall–Kier alpha value is -1.48. The fourth-order valence-electron chi connectivity index (χ4n) is 2.67. The van der Waals surface area contributed by atoms with E-state index in [4.69, 9.17) is 5.84 Å². The van der Waals surface area contributed by atoms with Crippen LogP contribution in [0.25, 0.3) is 0 Å². The lowest BCUT2D eigenvalue weighted by atomic mass is 10.2. The van der Waals surface area contributed by atoms with Crippen molar-refractivity contribution in [1.82, 2.24) is 15.0 Å². The van der Waals surface area contributed by atoms with Crippen LogP contribution in [0.4, 0.5) is 17.8 Å². The van der Waals surface area contributed by atoms with Gasteiger partial charge in [0, 0.05) is 41.4 Å². The highest BCUT2D eigenvalue weighted by Gasteiger charge is 2.21. The van der Waals surface area contributed by atoms with Crippen LogP contribution in [-0.2, 0) is 10.8 Å². The summed E-state index contributed by atoms with van der Waals surface area (Å²) >= 11 is 0. The molecule has 21 heavy (non-hydrogen) atoms. The molecule has 2 aliphatic rings. The number of nitrogens with one attached hydrogen (secondary N) is 2. The average molecular weight is 311 g/mol. The molecular formula is C12H21N7OS. The van der Waals surface area contributed by atoms with E-state index in [9.17, 15) is 4.21 Å². The predicted octanol–water partition coefficient (Wildman–Crippen LogP) is 0.0804. The first-order valence-corrected chi connectivity index (χ1v) is 8.82. The molecule has 9 heteroatoms. The molecule has 0 amide bonds. The van der Waals surface area contributed by atoms with Crippen molar-refractivity contribution in [1.29, 1.82) is 0 Å². The van der Waals surface area contributed by atoms with Gasteiger partial charge in [-0.05, 0) is 25.7 Å². The quantitative estimate of drug-likeness (QED) is 0.530. The molecule has 0 radical (unpaired) electrons. The summed E-state index contributed by atoms with van der Waals surface area (Å²) in [7, 11) is -0.665. The number of nitrogens with zero attached hydrogens (tertiary/aromatic N) is 4. The lowest BCUT2D eigenvalue weighted by Crippen LogP contribution is -2.31. The van der Waals surface area contributed by atoms with Gasteiger partial charge in [0.05, 0.1) is 0 Å². The fraction of sp³-hybridized carbons (Fsp3) is 0.750. The van der Waals surface area contributed by atoms with Gasteiger partial charge in [0.1, 0.15) is 0 Å².